The van der Waals surface area contributed by atoms with Gasteiger partial charge < -0.3 is 25.1 Å². The first kappa shape index (κ1) is 17.3. The summed E-state index contributed by atoms with van der Waals surface area (Å²) in [6, 6.07) is 12.7. The van der Waals surface area contributed by atoms with Gasteiger partial charge in [-0.3, -0.25) is 9.59 Å². The highest BCUT2D eigenvalue weighted by Gasteiger charge is 2.17. The fourth-order valence-electron chi connectivity index (χ4n) is 2.82. The maximum absolute atomic E-state index is 12.5. The fraction of sp³-hybridized carbons (Fsp3) is 0.158. The number of aromatic nitrogens is 1. The van der Waals surface area contributed by atoms with E-state index in [2.05, 4.69) is 5.32 Å². The van der Waals surface area contributed by atoms with Crippen molar-refractivity contribution in [2.24, 2.45) is 5.73 Å². The number of nitrogens with two attached hydrogens (primary N) is 1. The number of nitrogens with one attached hydrogen (secondary N) is 1. The summed E-state index contributed by atoms with van der Waals surface area (Å²) in [5.74, 6) is -0.264. The summed E-state index contributed by atoms with van der Waals surface area (Å²) >= 11 is 0. The molecule has 3 N–H and O–H groups in total. The number of hydrogen-bond acceptors (Lipinski definition) is 4. The summed E-state index contributed by atoms with van der Waals surface area (Å²) < 4.78 is 12.4. The summed E-state index contributed by atoms with van der Waals surface area (Å²) in [6.45, 7) is 0.111. The van der Waals surface area contributed by atoms with Gasteiger partial charge >= 0.3 is 0 Å². The first-order valence-corrected chi connectivity index (χ1v) is 7.93. The van der Waals surface area contributed by atoms with E-state index in [0.717, 1.165) is 10.9 Å². The van der Waals surface area contributed by atoms with Crippen LogP contribution < -0.4 is 20.5 Å². The molecule has 3 rings (SSSR count). The SMILES string of the molecule is COc1cc(C(N)=O)cc(NC(=O)Cn2ccc3ccccc32)c1OC. The number of ether oxygens (including phenoxy) is 2. The van der Waals surface area contributed by atoms with Crippen molar-refractivity contribution in [3.05, 3.63) is 54.2 Å². The third-order valence-electron chi connectivity index (χ3n) is 4.03. The molecule has 0 atom stereocenters. The molecule has 1 aromatic heterocycles. The Kier molecular flexibility index (Phi) is 4.79. The van der Waals surface area contributed by atoms with Crippen LogP contribution in [-0.2, 0) is 11.3 Å². The number of para-hydroxylation sites is 1. The molecule has 0 saturated heterocycles. The largest absolute Gasteiger partial charge is 0.493 e. The highest BCUT2D eigenvalue weighted by atomic mass is 16.5. The molecule has 0 radical (unpaired) electrons. The van der Waals surface area contributed by atoms with Crippen molar-refractivity contribution in [1.82, 2.24) is 4.57 Å². The number of hydrogen-bond donors (Lipinski definition) is 2. The lowest BCUT2D eigenvalue weighted by Gasteiger charge is -2.15. The molecule has 2 aromatic carbocycles. The molecular weight excluding hydrogens is 334 g/mol. The molecule has 7 nitrogen and oxygen atoms in total. The van der Waals surface area contributed by atoms with Gasteiger partial charge in [0.25, 0.3) is 0 Å². The fourth-order valence-corrected chi connectivity index (χ4v) is 2.82. The van der Waals surface area contributed by atoms with Crippen LogP contribution in [0.1, 0.15) is 10.4 Å². The zero-order chi connectivity index (χ0) is 18.7. The summed E-state index contributed by atoms with van der Waals surface area (Å²) in [5.41, 5.74) is 6.84. The van der Waals surface area contributed by atoms with Crippen molar-refractivity contribution < 1.29 is 19.1 Å². The van der Waals surface area contributed by atoms with Gasteiger partial charge in [0.1, 0.15) is 6.54 Å². The maximum Gasteiger partial charge on any atom is 0.248 e. The van der Waals surface area contributed by atoms with Gasteiger partial charge in [0.15, 0.2) is 11.5 Å². The average Bonchev–Trinajstić information content (AvgIpc) is 3.03. The van der Waals surface area contributed by atoms with Gasteiger partial charge in [0.2, 0.25) is 11.8 Å². The van der Waals surface area contributed by atoms with E-state index in [-0.39, 0.29) is 18.0 Å². The van der Waals surface area contributed by atoms with E-state index in [0.29, 0.717) is 17.2 Å². The molecule has 0 spiro atoms. The maximum atomic E-state index is 12.5. The van der Waals surface area contributed by atoms with Crippen LogP contribution in [0.25, 0.3) is 10.9 Å². The number of carbonyl (C=O) groups is 2. The lowest BCUT2D eigenvalue weighted by Crippen LogP contribution is -2.19. The number of fused-ring (bicyclic) bond motifs is 1. The van der Waals surface area contributed by atoms with E-state index in [9.17, 15) is 9.59 Å². The Morgan fingerprint density at radius 1 is 1.12 bits per heavy atom. The molecule has 7 heteroatoms. The van der Waals surface area contributed by atoms with Crippen LogP contribution in [-0.4, -0.2) is 30.6 Å². The zero-order valence-corrected chi connectivity index (χ0v) is 14.5. The lowest BCUT2D eigenvalue weighted by molar-refractivity contribution is -0.116. The summed E-state index contributed by atoms with van der Waals surface area (Å²) in [5, 5.41) is 3.81. The van der Waals surface area contributed by atoms with E-state index >= 15 is 0 Å². The molecule has 0 aliphatic heterocycles. The van der Waals surface area contributed by atoms with Gasteiger partial charge in [-0.15, -0.1) is 0 Å². The standard InChI is InChI=1S/C19H19N3O4/c1-25-16-10-13(19(20)24)9-14(18(16)26-2)21-17(23)11-22-8-7-12-5-3-4-6-15(12)22/h3-10H,11H2,1-2H3,(H2,20,24)(H,21,23). The molecule has 0 fully saturated rings. The molecule has 26 heavy (non-hydrogen) atoms. The van der Waals surface area contributed by atoms with Gasteiger partial charge in [-0.2, -0.15) is 0 Å². The number of methoxy groups -OCH3 is 2. The number of nitrogens with zero attached hydrogens (tertiary/aromatic N) is 1. The van der Waals surface area contributed by atoms with E-state index in [1.165, 1.54) is 26.4 Å². The first-order valence-electron chi connectivity index (χ1n) is 7.93. The smallest absolute Gasteiger partial charge is 0.248 e. The molecule has 3 aromatic rings. The third-order valence-corrected chi connectivity index (χ3v) is 4.03. The number of anilines is 1. The summed E-state index contributed by atoms with van der Waals surface area (Å²) in [4.78, 5) is 24.0. The predicted molar refractivity (Wildman–Crippen MR) is 98.6 cm³/mol. The molecule has 0 unspecified atom stereocenters. The molecule has 2 amide bonds. The van der Waals surface area contributed by atoms with E-state index < -0.39 is 5.91 Å². The predicted octanol–water partition coefficient (Wildman–Crippen LogP) is 2.40. The normalized spacial score (nSPS) is 10.5. The van der Waals surface area contributed by atoms with Gasteiger partial charge in [0, 0.05) is 17.3 Å². The van der Waals surface area contributed by atoms with Gasteiger partial charge in [-0.1, -0.05) is 18.2 Å². The monoisotopic (exact) mass is 353 g/mol. The Balaban J connectivity index is 1.88. The molecule has 134 valence electrons. The highest BCUT2D eigenvalue weighted by Crippen LogP contribution is 2.36. The Bertz CT molecular complexity index is 978. The van der Waals surface area contributed by atoms with Crippen LogP contribution in [0.2, 0.25) is 0 Å². The second-order valence-corrected chi connectivity index (χ2v) is 5.67. The van der Waals surface area contributed by atoms with Crippen LogP contribution in [0.4, 0.5) is 5.69 Å². The highest BCUT2D eigenvalue weighted by molar-refractivity contribution is 5.99. The van der Waals surface area contributed by atoms with Gasteiger partial charge in [-0.25, -0.2) is 0 Å². The number of benzene rings is 2. The van der Waals surface area contributed by atoms with Crippen LogP contribution in [0.5, 0.6) is 11.5 Å². The second-order valence-electron chi connectivity index (χ2n) is 5.67. The van der Waals surface area contributed by atoms with Gasteiger partial charge in [0.05, 0.1) is 19.9 Å². The minimum absolute atomic E-state index is 0.111. The molecule has 0 bridgehead atoms. The second kappa shape index (κ2) is 7.18. The minimum Gasteiger partial charge on any atom is -0.493 e. The Hall–Kier alpha value is -3.48. The number of amides is 2. The van der Waals surface area contributed by atoms with Crippen LogP contribution in [0.3, 0.4) is 0 Å². The lowest BCUT2D eigenvalue weighted by atomic mass is 10.1. The van der Waals surface area contributed by atoms with Crippen molar-refractivity contribution in [1.29, 1.82) is 0 Å². The Morgan fingerprint density at radius 2 is 1.88 bits per heavy atom. The van der Waals surface area contributed by atoms with E-state index in [1.807, 2.05) is 41.1 Å². The average molecular weight is 353 g/mol. The number of primary amides is 1. The summed E-state index contributed by atoms with van der Waals surface area (Å²) in [6.07, 6.45) is 1.85. The Labute approximate surface area is 150 Å². The topological polar surface area (TPSA) is 95.6 Å². The van der Waals surface area contributed by atoms with Crippen molar-refractivity contribution in [3.8, 4) is 11.5 Å². The Morgan fingerprint density at radius 3 is 2.58 bits per heavy atom. The molecule has 0 aliphatic carbocycles. The van der Waals surface area contributed by atoms with Crippen molar-refractivity contribution in [3.63, 3.8) is 0 Å². The number of rotatable bonds is 6. The zero-order valence-electron chi connectivity index (χ0n) is 14.5. The molecule has 0 aliphatic rings. The van der Waals surface area contributed by atoms with Crippen LogP contribution >= 0.6 is 0 Å². The summed E-state index contributed by atoms with van der Waals surface area (Å²) in [7, 11) is 2.90. The van der Waals surface area contributed by atoms with E-state index in [1.54, 1.807) is 0 Å². The van der Waals surface area contributed by atoms with E-state index in [4.69, 9.17) is 15.2 Å². The molecular formula is C19H19N3O4. The molecule has 0 saturated carbocycles. The number of carbonyl (C=O) groups excluding carboxylic acids is 2. The van der Waals surface area contributed by atoms with Crippen LogP contribution in [0, 0.1) is 0 Å². The first-order chi connectivity index (χ1) is 12.5. The quantitative estimate of drug-likeness (QED) is 0.711. The van der Waals surface area contributed by atoms with Crippen molar-refractivity contribution in [2.75, 3.05) is 19.5 Å². The van der Waals surface area contributed by atoms with Crippen molar-refractivity contribution >= 4 is 28.4 Å². The molecule has 1 heterocycles. The minimum atomic E-state index is -0.627. The van der Waals surface area contributed by atoms with Crippen molar-refractivity contribution in [2.45, 2.75) is 6.54 Å². The third kappa shape index (κ3) is 3.32. The van der Waals surface area contributed by atoms with Gasteiger partial charge in [-0.05, 0) is 29.7 Å². The van der Waals surface area contributed by atoms with Crippen LogP contribution in [0.15, 0.2) is 48.7 Å².